The molecule has 0 aliphatic heterocycles. The van der Waals surface area contributed by atoms with Crippen molar-refractivity contribution in [3.8, 4) is 0 Å². The topological polar surface area (TPSA) is 126 Å². The summed E-state index contributed by atoms with van der Waals surface area (Å²) in [6, 6.07) is 11.1. The third-order valence-electron chi connectivity index (χ3n) is 3.97. The maximum atomic E-state index is 12.4. The van der Waals surface area contributed by atoms with Crippen LogP contribution in [0.1, 0.15) is 10.4 Å². The minimum Gasteiger partial charge on any atom is -0.322 e. The lowest BCUT2D eigenvalue weighted by Gasteiger charge is -2.12. The Labute approximate surface area is 178 Å². The van der Waals surface area contributed by atoms with E-state index in [4.69, 9.17) is 0 Å². The molecule has 0 atom stereocenters. The molecule has 2 aromatic carbocycles. The van der Waals surface area contributed by atoms with Crippen LogP contribution in [0.25, 0.3) is 0 Å². The number of hydrogen-bond donors (Lipinski definition) is 2. The molecule has 0 saturated carbocycles. The Morgan fingerprint density at radius 3 is 2.07 bits per heavy atom. The number of nitrogens with one attached hydrogen (secondary N) is 2. The van der Waals surface area contributed by atoms with E-state index in [1.807, 2.05) is 0 Å². The van der Waals surface area contributed by atoms with Gasteiger partial charge in [0.05, 0.1) is 9.79 Å². The van der Waals surface area contributed by atoms with Crippen molar-refractivity contribution in [1.82, 2.24) is 9.29 Å². The summed E-state index contributed by atoms with van der Waals surface area (Å²) in [5.41, 5.74) is 0.646. The second kappa shape index (κ2) is 8.52. The van der Waals surface area contributed by atoms with Gasteiger partial charge in [0.2, 0.25) is 10.0 Å². The van der Waals surface area contributed by atoms with E-state index in [0.717, 1.165) is 15.6 Å². The predicted molar refractivity (Wildman–Crippen MR) is 115 cm³/mol. The Balaban J connectivity index is 1.70. The molecular weight excluding hydrogens is 448 g/mol. The highest BCUT2D eigenvalue weighted by molar-refractivity contribution is 7.93. The van der Waals surface area contributed by atoms with Gasteiger partial charge in [0.15, 0.2) is 5.13 Å². The predicted octanol–water partition coefficient (Wildman–Crippen LogP) is 2.45. The SMILES string of the molecule is CN(C)S(=O)(=O)c1ccc(C(=O)Nc2ccc(S(=O)(=O)Nc3nccs3)cc2)cc1. The standard InChI is InChI=1S/C18H18N4O5S3/c1-22(2)30(26,27)16-7-3-13(4-8-16)17(23)20-14-5-9-15(10-6-14)29(24,25)21-18-19-11-12-28-18/h3-12H,1-2H3,(H,19,21)(H,20,23). The number of aromatic nitrogens is 1. The molecule has 0 radical (unpaired) electrons. The highest BCUT2D eigenvalue weighted by Crippen LogP contribution is 2.20. The van der Waals surface area contributed by atoms with Gasteiger partial charge < -0.3 is 5.32 Å². The fourth-order valence-corrected chi connectivity index (χ4v) is 5.05. The highest BCUT2D eigenvalue weighted by atomic mass is 32.2. The van der Waals surface area contributed by atoms with Crippen LogP contribution in [0.2, 0.25) is 0 Å². The van der Waals surface area contributed by atoms with Crippen LogP contribution in [-0.2, 0) is 20.0 Å². The molecule has 1 aromatic heterocycles. The number of sulfonamides is 2. The smallest absolute Gasteiger partial charge is 0.263 e. The summed E-state index contributed by atoms with van der Waals surface area (Å²) < 4.78 is 52.3. The summed E-state index contributed by atoms with van der Waals surface area (Å²) >= 11 is 1.16. The quantitative estimate of drug-likeness (QED) is 0.551. The Bertz CT molecular complexity index is 1240. The van der Waals surface area contributed by atoms with Gasteiger partial charge in [0, 0.05) is 36.9 Å². The Hall–Kier alpha value is -2.80. The van der Waals surface area contributed by atoms with Crippen molar-refractivity contribution in [3.05, 3.63) is 65.7 Å². The van der Waals surface area contributed by atoms with Gasteiger partial charge in [-0.3, -0.25) is 9.52 Å². The monoisotopic (exact) mass is 466 g/mol. The van der Waals surface area contributed by atoms with Crippen molar-refractivity contribution in [2.24, 2.45) is 0 Å². The molecule has 0 fully saturated rings. The Morgan fingerprint density at radius 2 is 1.53 bits per heavy atom. The average molecular weight is 467 g/mol. The van der Waals surface area contributed by atoms with E-state index in [1.54, 1.807) is 5.38 Å². The third kappa shape index (κ3) is 4.84. The summed E-state index contributed by atoms with van der Waals surface area (Å²) in [5, 5.41) is 4.55. The van der Waals surface area contributed by atoms with Crippen LogP contribution in [0.5, 0.6) is 0 Å². The minimum atomic E-state index is -3.78. The van der Waals surface area contributed by atoms with E-state index in [1.165, 1.54) is 68.8 Å². The zero-order valence-corrected chi connectivity index (χ0v) is 18.4. The average Bonchev–Trinajstić information content (AvgIpc) is 3.20. The van der Waals surface area contributed by atoms with Crippen LogP contribution < -0.4 is 10.0 Å². The number of nitrogens with zero attached hydrogens (tertiary/aromatic N) is 2. The van der Waals surface area contributed by atoms with E-state index in [2.05, 4.69) is 15.0 Å². The van der Waals surface area contributed by atoms with Gasteiger partial charge in [0.1, 0.15) is 0 Å². The number of carbonyl (C=O) groups is 1. The van der Waals surface area contributed by atoms with Crippen LogP contribution in [0, 0.1) is 0 Å². The van der Waals surface area contributed by atoms with Gasteiger partial charge in [-0.05, 0) is 48.5 Å². The molecule has 1 heterocycles. The van der Waals surface area contributed by atoms with Crippen LogP contribution >= 0.6 is 11.3 Å². The highest BCUT2D eigenvalue weighted by Gasteiger charge is 2.18. The molecule has 2 N–H and O–H groups in total. The Morgan fingerprint density at radius 1 is 0.933 bits per heavy atom. The number of benzene rings is 2. The minimum absolute atomic E-state index is 0.0222. The molecule has 0 aliphatic rings. The molecule has 0 bridgehead atoms. The second-order valence-electron chi connectivity index (χ2n) is 6.23. The summed E-state index contributed by atoms with van der Waals surface area (Å²) in [5.74, 6) is -0.458. The largest absolute Gasteiger partial charge is 0.322 e. The summed E-state index contributed by atoms with van der Waals surface area (Å²) in [6.07, 6.45) is 1.49. The molecule has 0 aliphatic carbocycles. The third-order valence-corrected chi connectivity index (χ3v) is 7.97. The normalized spacial score (nSPS) is 12.0. The first-order valence-electron chi connectivity index (χ1n) is 8.46. The summed E-state index contributed by atoms with van der Waals surface area (Å²) in [4.78, 5) is 16.4. The maximum absolute atomic E-state index is 12.4. The van der Waals surface area contributed by atoms with Crippen molar-refractivity contribution in [3.63, 3.8) is 0 Å². The number of hydrogen-bond acceptors (Lipinski definition) is 7. The van der Waals surface area contributed by atoms with Gasteiger partial charge in [-0.2, -0.15) is 0 Å². The van der Waals surface area contributed by atoms with E-state index in [9.17, 15) is 21.6 Å². The van der Waals surface area contributed by atoms with Gasteiger partial charge >= 0.3 is 0 Å². The zero-order valence-electron chi connectivity index (χ0n) is 15.9. The molecule has 9 nitrogen and oxygen atoms in total. The lowest BCUT2D eigenvalue weighted by molar-refractivity contribution is 0.102. The molecule has 12 heteroatoms. The maximum Gasteiger partial charge on any atom is 0.263 e. The first-order chi connectivity index (χ1) is 14.1. The lowest BCUT2D eigenvalue weighted by Crippen LogP contribution is -2.22. The number of anilines is 2. The number of thiazole rings is 1. The lowest BCUT2D eigenvalue weighted by atomic mass is 10.2. The van der Waals surface area contributed by atoms with Gasteiger partial charge in [-0.15, -0.1) is 11.3 Å². The van der Waals surface area contributed by atoms with Crippen molar-refractivity contribution in [2.45, 2.75) is 9.79 Å². The van der Waals surface area contributed by atoms with Crippen molar-refractivity contribution < 1.29 is 21.6 Å². The second-order valence-corrected chi connectivity index (χ2v) is 11.0. The molecule has 3 aromatic rings. The number of rotatable bonds is 7. The van der Waals surface area contributed by atoms with Gasteiger partial charge in [-0.1, -0.05) is 0 Å². The first-order valence-corrected chi connectivity index (χ1v) is 12.3. The molecule has 3 rings (SSSR count). The van der Waals surface area contributed by atoms with Gasteiger partial charge in [0.25, 0.3) is 15.9 Å². The summed E-state index contributed by atoms with van der Waals surface area (Å²) in [7, 11) is -4.52. The number of amides is 1. The molecule has 1 amide bonds. The molecule has 0 saturated heterocycles. The van der Waals surface area contributed by atoms with Crippen LogP contribution in [-0.4, -0.2) is 46.1 Å². The van der Waals surface area contributed by atoms with Crippen molar-refractivity contribution in [2.75, 3.05) is 24.1 Å². The number of carbonyl (C=O) groups excluding carboxylic acids is 1. The zero-order chi connectivity index (χ0) is 21.9. The van der Waals surface area contributed by atoms with Crippen molar-refractivity contribution >= 4 is 48.1 Å². The van der Waals surface area contributed by atoms with Crippen LogP contribution in [0.3, 0.4) is 0 Å². The molecule has 0 spiro atoms. The van der Waals surface area contributed by atoms with E-state index in [0.29, 0.717) is 5.69 Å². The molecule has 0 unspecified atom stereocenters. The summed E-state index contributed by atoms with van der Waals surface area (Å²) in [6.45, 7) is 0. The van der Waals surface area contributed by atoms with E-state index < -0.39 is 26.0 Å². The van der Waals surface area contributed by atoms with Gasteiger partial charge in [-0.25, -0.2) is 26.1 Å². The van der Waals surface area contributed by atoms with Crippen LogP contribution in [0.15, 0.2) is 69.9 Å². The Kier molecular flexibility index (Phi) is 6.22. The fraction of sp³-hybridized carbons (Fsp3) is 0.111. The molecular formula is C18H18N4O5S3. The fourth-order valence-electron chi connectivity index (χ4n) is 2.36. The van der Waals surface area contributed by atoms with E-state index >= 15 is 0 Å². The molecule has 30 heavy (non-hydrogen) atoms. The first kappa shape index (κ1) is 21.9. The van der Waals surface area contributed by atoms with Crippen LogP contribution in [0.4, 0.5) is 10.8 Å². The van der Waals surface area contributed by atoms with Crippen molar-refractivity contribution in [1.29, 1.82) is 0 Å². The molecule has 158 valence electrons. The van der Waals surface area contributed by atoms with E-state index in [-0.39, 0.29) is 20.5 Å².